The Kier molecular flexibility index (Phi) is 27.0. The summed E-state index contributed by atoms with van der Waals surface area (Å²) in [5.74, 6) is -6.52. The molecule has 0 spiro atoms. The van der Waals surface area contributed by atoms with Gasteiger partial charge in [0.15, 0.2) is 23.3 Å². The normalized spacial score (nSPS) is 21.3. The van der Waals surface area contributed by atoms with Gasteiger partial charge in [-0.3, -0.25) is 52.4 Å². The number of rotatable bonds is 34. The molecule has 4 aliphatic rings. The predicted octanol–water partition coefficient (Wildman–Crippen LogP) is 3.47. The van der Waals surface area contributed by atoms with Gasteiger partial charge >= 0.3 is 21.3 Å². The molecular weight excluding hydrogens is 1370 g/mol. The maximum absolute atomic E-state index is 14.2. The molecule has 2 heterocycles. The molecule has 2 aliphatic carbocycles. The highest BCUT2D eigenvalue weighted by atomic mass is 32.2. The van der Waals surface area contributed by atoms with Crippen LogP contribution in [0, 0.1) is 0 Å². The number of thioether (sulfide) groups is 2. The number of aliphatic hydroxyl groups is 3. The van der Waals surface area contributed by atoms with Crippen LogP contribution in [0.1, 0.15) is 138 Å². The number of phenols is 2. The Labute approximate surface area is 577 Å². The van der Waals surface area contributed by atoms with Crippen LogP contribution in [0.15, 0.2) is 72.8 Å². The van der Waals surface area contributed by atoms with Gasteiger partial charge in [0, 0.05) is 73.2 Å². The zero-order chi connectivity index (χ0) is 72.1. The van der Waals surface area contributed by atoms with Crippen LogP contribution < -0.4 is 31.7 Å². The molecule has 30 nitrogen and oxygen atoms in total. The van der Waals surface area contributed by atoms with Gasteiger partial charge in [-0.2, -0.15) is 11.8 Å². The van der Waals surface area contributed by atoms with Gasteiger partial charge in [0.25, 0.3) is 0 Å². The Balaban J connectivity index is 0.823. The molecule has 6 amide bonds. The maximum Gasteiger partial charge on any atom is 0.407 e. The summed E-state index contributed by atoms with van der Waals surface area (Å²) >= 11 is 2.22. The van der Waals surface area contributed by atoms with Gasteiger partial charge in [-0.05, 0) is 92.8 Å². The number of aliphatic hydroxyl groups excluding tert-OH is 2. The van der Waals surface area contributed by atoms with Gasteiger partial charge in [-0.25, -0.2) is 4.79 Å². The van der Waals surface area contributed by atoms with Crippen LogP contribution in [0.2, 0.25) is 0 Å². The van der Waals surface area contributed by atoms with Gasteiger partial charge < -0.3 is 91.1 Å². The third-order valence-electron chi connectivity index (χ3n) is 17.5. The lowest BCUT2D eigenvalue weighted by Crippen LogP contribution is -2.56. The van der Waals surface area contributed by atoms with Gasteiger partial charge in [0.05, 0.1) is 47.3 Å². The Morgan fingerprint density at radius 1 is 0.808 bits per heavy atom. The van der Waals surface area contributed by atoms with E-state index in [1.54, 1.807) is 42.5 Å². The molecule has 9 atom stereocenters. The van der Waals surface area contributed by atoms with Crippen molar-refractivity contribution in [1.82, 2.24) is 20.9 Å². The summed E-state index contributed by atoms with van der Waals surface area (Å²) in [6, 6.07) is 16.0. The number of likely N-dealkylation sites (tertiary alicyclic amines) is 1. The van der Waals surface area contributed by atoms with Crippen molar-refractivity contribution in [3.63, 3.8) is 0 Å². The zero-order valence-electron chi connectivity index (χ0n) is 54.2. The number of alkyl carbamates (subject to hydrolysis) is 1. The van der Waals surface area contributed by atoms with Gasteiger partial charge in [-0.15, -0.1) is 11.8 Å². The topological polar surface area (TPSA) is 484 Å². The second-order valence-electron chi connectivity index (χ2n) is 24.5. The minimum absolute atomic E-state index is 0.00100. The Bertz CT molecular complexity index is 3730. The molecule has 8 rings (SSSR count). The SMILES string of the molecule is COc1cccc2c1C(=O)c1c(O)c3c(c(O)c1C2=O)C[C@@](O)(C(=O)CO)CC3O[C@H]1C[C@H](NC(=O)OCc2ccc(NC(=O)C(CCCCN)NC(=O)C(Cc3ccccc3)NC(=O)CCCCCN3C(=O)CC(SCCCSCC(P(=O)(O)O)P(=O)(O)O)C3=O)cc2)[C@H](O)[C@H](C)O1. The number of imide groups is 1. The van der Waals surface area contributed by atoms with E-state index in [4.69, 9.17) is 24.7 Å². The van der Waals surface area contributed by atoms with E-state index in [1.807, 2.05) is 0 Å². The summed E-state index contributed by atoms with van der Waals surface area (Å²) in [4.78, 5) is 161. The first-order valence-corrected chi connectivity index (χ1v) is 37.6. The summed E-state index contributed by atoms with van der Waals surface area (Å²) in [5, 5.41) is 64.8. The van der Waals surface area contributed by atoms with E-state index in [-0.39, 0.29) is 85.1 Å². The van der Waals surface area contributed by atoms with Crippen LogP contribution in [0.25, 0.3) is 0 Å². The van der Waals surface area contributed by atoms with Gasteiger partial charge in [0.2, 0.25) is 35.3 Å². The van der Waals surface area contributed by atoms with Crippen molar-refractivity contribution in [2.24, 2.45) is 5.73 Å². The van der Waals surface area contributed by atoms with Gasteiger partial charge in [-0.1, -0.05) is 61.0 Å². The molecule has 0 radical (unpaired) electrons. The number of carbonyl (C=O) groups excluding carboxylic acids is 9. The number of nitrogens with one attached hydrogen (secondary N) is 4. The van der Waals surface area contributed by atoms with Crippen LogP contribution in [0.4, 0.5) is 10.5 Å². The summed E-state index contributed by atoms with van der Waals surface area (Å²) in [6.45, 7) is 0.462. The number of unbranched alkanes of at least 4 members (excludes halogenated alkanes) is 3. The predicted molar refractivity (Wildman–Crippen MR) is 359 cm³/mol. The first kappa shape index (κ1) is 77.6. The van der Waals surface area contributed by atoms with E-state index >= 15 is 0 Å². The summed E-state index contributed by atoms with van der Waals surface area (Å²) in [5.41, 5.74) is 2.79. The number of fused-ring (bicyclic) bond motifs is 3. The lowest BCUT2D eigenvalue weighted by atomic mass is 9.72. The van der Waals surface area contributed by atoms with E-state index in [1.165, 1.54) is 61.0 Å². The number of hydrogen-bond donors (Lipinski definition) is 14. The maximum atomic E-state index is 14.2. The first-order valence-electron chi connectivity index (χ1n) is 32.0. The highest BCUT2D eigenvalue weighted by Gasteiger charge is 2.51. The number of nitrogens with zero attached hydrogens (tertiary/aromatic N) is 1. The monoisotopic (exact) mass is 1460 g/mol. The second-order valence-corrected chi connectivity index (χ2v) is 31.0. The number of hydrogen-bond acceptors (Lipinski definition) is 23. The Morgan fingerprint density at radius 3 is 2.19 bits per heavy atom. The molecule has 2 fully saturated rings. The lowest BCUT2D eigenvalue weighted by Gasteiger charge is -2.42. The number of aromatic hydroxyl groups is 2. The molecule has 2 saturated heterocycles. The average molecular weight is 1460 g/mol. The van der Waals surface area contributed by atoms with Crippen molar-refractivity contribution < 1.29 is 116 Å². The molecule has 0 aromatic heterocycles. The Morgan fingerprint density at radius 2 is 1.52 bits per heavy atom. The summed E-state index contributed by atoms with van der Waals surface area (Å²) in [6.07, 6.45) is -5.13. The minimum Gasteiger partial charge on any atom is -0.507 e. The molecule has 2 aliphatic heterocycles. The van der Waals surface area contributed by atoms with Crippen molar-refractivity contribution in [2.75, 3.05) is 49.4 Å². The molecule has 34 heteroatoms. The van der Waals surface area contributed by atoms with Crippen LogP contribution in [-0.4, -0.2) is 200 Å². The molecule has 0 saturated carbocycles. The van der Waals surface area contributed by atoms with Crippen LogP contribution >= 0.6 is 38.7 Å². The van der Waals surface area contributed by atoms with E-state index in [2.05, 4.69) is 21.3 Å². The summed E-state index contributed by atoms with van der Waals surface area (Å²) in [7, 11) is -8.80. The van der Waals surface area contributed by atoms with E-state index in [9.17, 15) is 97.4 Å². The fourth-order valence-electron chi connectivity index (χ4n) is 12.2. The number of nitrogens with two attached hydrogens (primary N) is 1. The van der Waals surface area contributed by atoms with E-state index in [0.717, 1.165) is 17.3 Å². The quantitative estimate of drug-likeness (QED) is 0.0121. The fourth-order valence-corrected chi connectivity index (χ4v) is 18.0. The molecular formula is C65H82N6O24P2S2. The second kappa shape index (κ2) is 34.5. The number of ether oxygens (including phenoxy) is 4. The number of carbonyl (C=O) groups is 9. The fraction of sp³-hybridized carbons (Fsp3) is 0.492. The number of benzene rings is 4. The number of methoxy groups -OCH3 is 1. The number of phenolic OH excluding ortho intramolecular Hbond substituents is 2. The Hall–Kier alpha value is -7.13. The molecule has 4 aromatic carbocycles. The molecule has 15 N–H and O–H groups in total. The highest BCUT2D eigenvalue weighted by Crippen LogP contribution is 2.61. The third kappa shape index (κ3) is 19.5. The molecule has 538 valence electrons. The molecule has 4 aromatic rings. The van der Waals surface area contributed by atoms with Crippen LogP contribution in [-0.2, 0) is 71.6 Å². The smallest absolute Gasteiger partial charge is 0.407 e. The van der Waals surface area contributed by atoms with E-state index < -0.39 is 163 Å². The highest BCUT2D eigenvalue weighted by molar-refractivity contribution is 8.01. The van der Waals surface area contributed by atoms with Crippen molar-refractivity contribution in [3.8, 4) is 17.2 Å². The molecule has 99 heavy (non-hydrogen) atoms. The van der Waals surface area contributed by atoms with Crippen LogP contribution in [0.5, 0.6) is 17.2 Å². The first-order chi connectivity index (χ1) is 47.0. The van der Waals surface area contributed by atoms with Crippen molar-refractivity contribution in [3.05, 3.63) is 117 Å². The standard InChI is InChI=1S/C65H82N6O24P2S2/c1-35-56(76)42(28-50(94-35)95-45-31-65(85,47(73)32-72)30-40-53(45)60(80)55-54(58(40)78)57(77)39-15-11-17-44(92-2)52(39)59(55)79)70-64(84)93-33-37-19-21-38(22-20-37)67-61(81)41(16-8-9-23-66)69-62(82)43(27-36-13-5-3-6-14-36)68-48(74)18-7-4-10-24-71-49(75)29-46(63(71)83)99-26-12-25-98-34-51(96(86,87)88)97(89,90)91/h3,5-6,11,13-15,17,19-22,35,41-43,45-46,50-51,56,72,76,78,80,85H,4,7-10,12,16,18,23-34,66H2,1-2H3,(H,67,81)(H,68,74)(H,69,82)(H,70,84)(H2,86,87,88)(H2,89,90,91)/t35-,41?,42-,43?,45?,46?,50-,56+,65-/m0/s1. The number of anilines is 1. The van der Waals surface area contributed by atoms with Crippen LogP contribution in [0.3, 0.4) is 0 Å². The molecule has 0 bridgehead atoms. The lowest BCUT2D eigenvalue weighted by molar-refractivity contribution is -0.249. The van der Waals surface area contributed by atoms with Crippen molar-refractivity contribution in [2.45, 2.75) is 156 Å². The minimum atomic E-state index is -5.04. The van der Waals surface area contributed by atoms with Gasteiger partial charge in [0.1, 0.15) is 54.3 Å². The number of Topliss-reactive ketones (excluding diaryl/α,β-unsaturated/α-hetero) is 1. The number of ketones is 3. The largest absolute Gasteiger partial charge is 0.507 e. The van der Waals surface area contributed by atoms with Crippen molar-refractivity contribution in [1.29, 1.82) is 0 Å². The van der Waals surface area contributed by atoms with Crippen molar-refractivity contribution >= 4 is 97.4 Å². The number of amides is 6. The average Bonchev–Trinajstić information content (AvgIpc) is 1.02. The van der Waals surface area contributed by atoms with E-state index in [0.29, 0.717) is 67.8 Å². The summed E-state index contributed by atoms with van der Waals surface area (Å²) < 4.78 is 46.2. The molecule has 4 unspecified atom stereocenters. The zero-order valence-corrected chi connectivity index (χ0v) is 57.6. The third-order valence-corrected chi connectivity index (χ3v) is 24.1.